The first-order valence-corrected chi connectivity index (χ1v) is 6.77. The van der Waals surface area contributed by atoms with Crippen LogP contribution in [0.2, 0.25) is 0 Å². The lowest BCUT2D eigenvalue weighted by atomic mass is 10.3. The predicted octanol–water partition coefficient (Wildman–Crippen LogP) is 3.55. The van der Waals surface area contributed by atoms with Crippen LogP contribution in [0, 0.1) is 0 Å². The summed E-state index contributed by atoms with van der Waals surface area (Å²) < 4.78 is 5.67. The molecular weight excluding hydrogens is 324 g/mol. The summed E-state index contributed by atoms with van der Waals surface area (Å²) in [5.41, 5.74) is 0.882. The molecule has 2 rings (SSSR count). The van der Waals surface area contributed by atoms with Crippen molar-refractivity contribution in [2.45, 2.75) is 6.92 Å². The van der Waals surface area contributed by atoms with E-state index in [9.17, 15) is 4.79 Å². The fourth-order valence-electron chi connectivity index (χ4n) is 1.44. The van der Waals surface area contributed by atoms with Gasteiger partial charge in [0.2, 0.25) is 0 Å². The zero-order chi connectivity index (χ0) is 14.4. The summed E-state index contributed by atoms with van der Waals surface area (Å²) in [5, 5.41) is 13.4. The molecule has 0 fully saturated rings. The number of halogens is 1. The highest BCUT2D eigenvalue weighted by molar-refractivity contribution is 9.10. The van der Waals surface area contributed by atoms with E-state index in [1.807, 2.05) is 24.3 Å². The molecule has 104 valence electrons. The minimum absolute atomic E-state index is 0.306. The lowest BCUT2D eigenvalue weighted by molar-refractivity contribution is 0.168. The van der Waals surface area contributed by atoms with E-state index in [1.165, 1.54) is 0 Å². The molecule has 6 nitrogen and oxygen atoms in total. The number of anilines is 3. The molecule has 20 heavy (non-hydrogen) atoms. The SMILES string of the molecule is CCOC(=O)Nc1ccc(Nc2ccccc2Br)nn1. The highest BCUT2D eigenvalue weighted by atomic mass is 79.9. The summed E-state index contributed by atoms with van der Waals surface area (Å²) in [6.45, 7) is 2.04. The van der Waals surface area contributed by atoms with Crippen LogP contribution >= 0.6 is 15.9 Å². The van der Waals surface area contributed by atoms with E-state index in [2.05, 4.69) is 36.8 Å². The van der Waals surface area contributed by atoms with Crippen molar-refractivity contribution in [3.63, 3.8) is 0 Å². The van der Waals surface area contributed by atoms with Crippen LogP contribution in [0.3, 0.4) is 0 Å². The zero-order valence-corrected chi connectivity index (χ0v) is 12.3. The maximum absolute atomic E-state index is 11.2. The van der Waals surface area contributed by atoms with Crippen LogP contribution in [-0.4, -0.2) is 22.9 Å². The van der Waals surface area contributed by atoms with Gasteiger partial charge in [-0.3, -0.25) is 5.32 Å². The van der Waals surface area contributed by atoms with Crippen molar-refractivity contribution < 1.29 is 9.53 Å². The molecule has 1 aromatic heterocycles. The van der Waals surface area contributed by atoms with E-state index in [4.69, 9.17) is 4.74 Å². The summed E-state index contributed by atoms with van der Waals surface area (Å²) >= 11 is 3.43. The van der Waals surface area contributed by atoms with Crippen LogP contribution in [0.4, 0.5) is 22.1 Å². The van der Waals surface area contributed by atoms with E-state index in [0.29, 0.717) is 18.2 Å². The Balaban J connectivity index is 2.02. The van der Waals surface area contributed by atoms with Gasteiger partial charge in [0.05, 0.1) is 12.3 Å². The molecule has 0 unspecified atom stereocenters. The molecule has 0 radical (unpaired) electrons. The first-order valence-electron chi connectivity index (χ1n) is 5.98. The minimum atomic E-state index is -0.548. The molecule has 2 aromatic rings. The van der Waals surface area contributed by atoms with Crippen LogP contribution in [0.1, 0.15) is 6.92 Å². The smallest absolute Gasteiger partial charge is 0.412 e. The number of aromatic nitrogens is 2. The Labute approximate surface area is 124 Å². The maximum atomic E-state index is 11.2. The van der Waals surface area contributed by atoms with Gasteiger partial charge in [-0.1, -0.05) is 12.1 Å². The number of amides is 1. The molecule has 2 N–H and O–H groups in total. The van der Waals surface area contributed by atoms with Gasteiger partial charge >= 0.3 is 6.09 Å². The van der Waals surface area contributed by atoms with E-state index in [0.717, 1.165) is 10.2 Å². The van der Waals surface area contributed by atoms with E-state index >= 15 is 0 Å². The lowest BCUT2D eigenvalue weighted by Crippen LogP contribution is -2.14. The van der Waals surface area contributed by atoms with Gasteiger partial charge in [-0.25, -0.2) is 4.79 Å². The van der Waals surface area contributed by atoms with Gasteiger partial charge in [0.25, 0.3) is 0 Å². The summed E-state index contributed by atoms with van der Waals surface area (Å²) in [6, 6.07) is 11.0. The Morgan fingerprint density at radius 1 is 1.20 bits per heavy atom. The molecule has 0 saturated carbocycles. The number of ether oxygens (including phenoxy) is 1. The molecule has 0 aliphatic rings. The number of rotatable bonds is 4. The second-order valence-corrected chi connectivity index (χ2v) is 4.61. The Hall–Kier alpha value is -2.15. The first kappa shape index (κ1) is 14.3. The molecule has 7 heteroatoms. The summed E-state index contributed by atoms with van der Waals surface area (Å²) in [7, 11) is 0. The average Bonchev–Trinajstić information content (AvgIpc) is 2.44. The van der Waals surface area contributed by atoms with E-state index in [1.54, 1.807) is 19.1 Å². The summed E-state index contributed by atoms with van der Waals surface area (Å²) in [6.07, 6.45) is -0.548. The summed E-state index contributed by atoms with van der Waals surface area (Å²) in [4.78, 5) is 11.2. The average molecular weight is 337 g/mol. The monoisotopic (exact) mass is 336 g/mol. The molecule has 1 heterocycles. The normalized spacial score (nSPS) is 9.90. The second-order valence-electron chi connectivity index (χ2n) is 3.75. The van der Waals surface area contributed by atoms with Gasteiger partial charge in [0.1, 0.15) is 0 Å². The van der Waals surface area contributed by atoms with Gasteiger partial charge in [-0.05, 0) is 47.1 Å². The van der Waals surface area contributed by atoms with Crippen molar-refractivity contribution in [1.29, 1.82) is 0 Å². The van der Waals surface area contributed by atoms with Crippen molar-refractivity contribution in [1.82, 2.24) is 10.2 Å². The largest absolute Gasteiger partial charge is 0.450 e. The Kier molecular flexibility index (Phi) is 4.89. The third kappa shape index (κ3) is 3.92. The highest BCUT2D eigenvalue weighted by Crippen LogP contribution is 2.24. The first-order chi connectivity index (χ1) is 9.69. The highest BCUT2D eigenvalue weighted by Gasteiger charge is 2.05. The number of hydrogen-bond acceptors (Lipinski definition) is 5. The van der Waals surface area contributed by atoms with Gasteiger partial charge in [0, 0.05) is 4.47 Å². The van der Waals surface area contributed by atoms with Crippen molar-refractivity contribution in [2.24, 2.45) is 0 Å². The molecule has 0 aliphatic heterocycles. The Bertz CT molecular complexity index is 589. The second kappa shape index (κ2) is 6.85. The molecular formula is C13H13BrN4O2. The van der Waals surface area contributed by atoms with Crippen LogP contribution in [0.15, 0.2) is 40.9 Å². The quantitative estimate of drug-likeness (QED) is 0.892. The fraction of sp³-hybridized carbons (Fsp3) is 0.154. The molecule has 0 aliphatic carbocycles. The van der Waals surface area contributed by atoms with Crippen molar-refractivity contribution in [3.05, 3.63) is 40.9 Å². The van der Waals surface area contributed by atoms with E-state index in [-0.39, 0.29) is 0 Å². The van der Waals surface area contributed by atoms with Gasteiger partial charge in [-0.15, -0.1) is 10.2 Å². The number of nitrogens with zero attached hydrogens (tertiary/aromatic N) is 2. The fourth-order valence-corrected chi connectivity index (χ4v) is 1.82. The molecule has 1 amide bonds. The summed E-state index contributed by atoms with van der Waals surface area (Å²) in [5.74, 6) is 0.910. The van der Waals surface area contributed by atoms with Crippen molar-refractivity contribution in [2.75, 3.05) is 17.2 Å². The van der Waals surface area contributed by atoms with Gasteiger partial charge in [0.15, 0.2) is 11.6 Å². The third-order valence-electron chi connectivity index (χ3n) is 2.31. The molecule has 0 atom stereocenters. The number of hydrogen-bond donors (Lipinski definition) is 2. The number of carbonyl (C=O) groups excluding carboxylic acids is 1. The number of nitrogens with one attached hydrogen (secondary N) is 2. The number of para-hydroxylation sites is 1. The minimum Gasteiger partial charge on any atom is -0.450 e. The Morgan fingerprint density at radius 3 is 2.55 bits per heavy atom. The Morgan fingerprint density at radius 2 is 1.90 bits per heavy atom. The predicted molar refractivity (Wildman–Crippen MR) is 80.1 cm³/mol. The van der Waals surface area contributed by atoms with Crippen LogP contribution in [0.5, 0.6) is 0 Å². The van der Waals surface area contributed by atoms with Crippen LogP contribution in [0.25, 0.3) is 0 Å². The maximum Gasteiger partial charge on any atom is 0.412 e. The van der Waals surface area contributed by atoms with Gasteiger partial charge < -0.3 is 10.1 Å². The lowest BCUT2D eigenvalue weighted by Gasteiger charge is -2.08. The third-order valence-corrected chi connectivity index (χ3v) is 3.00. The topological polar surface area (TPSA) is 76.1 Å². The van der Waals surface area contributed by atoms with E-state index < -0.39 is 6.09 Å². The zero-order valence-electron chi connectivity index (χ0n) is 10.8. The molecule has 0 spiro atoms. The molecule has 1 aromatic carbocycles. The van der Waals surface area contributed by atoms with Crippen molar-refractivity contribution in [3.8, 4) is 0 Å². The molecule has 0 saturated heterocycles. The standard InChI is InChI=1S/C13H13BrN4O2/c1-2-20-13(19)16-12-8-7-11(17-18-12)15-10-6-4-3-5-9(10)14/h3-8H,2H2,1H3,(H,15,17)(H,16,18,19). The number of carbonyl (C=O) groups is 1. The number of benzene rings is 1. The van der Waals surface area contributed by atoms with Gasteiger partial charge in [-0.2, -0.15) is 0 Å². The van der Waals surface area contributed by atoms with Crippen LogP contribution in [-0.2, 0) is 4.74 Å². The van der Waals surface area contributed by atoms with Crippen molar-refractivity contribution >= 4 is 39.3 Å². The molecule has 0 bridgehead atoms. The van der Waals surface area contributed by atoms with Crippen LogP contribution < -0.4 is 10.6 Å².